The first kappa shape index (κ1) is 19.5. The molecule has 0 radical (unpaired) electrons. The molecule has 0 aliphatic heterocycles. The minimum Gasteiger partial charge on any atom is -0.455 e. The fourth-order valence-corrected chi connectivity index (χ4v) is 4.27. The first-order valence-corrected chi connectivity index (χ1v) is 9.79. The van der Waals surface area contributed by atoms with Crippen molar-refractivity contribution in [2.24, 2.45) is 17.8 Å². The number of ketones is 1. The summed E-state index contributed by atoms with van der Waals surface area (Å²) in [5.41, 5.74) is 4.87. The summed E-state index contributed by atoms with van der Waals surface area (Å²) >= 11 is 3.26. The molecule has 27 heavy (non-hydrogen) atoms. The lowest BCUT2D eigenvalue weighted by Crippen LogP contribution is -2.44. The molecule has 1 aromatic rings. The highest BCUT2D eigenvalue weighted by molar-refractivity contribution is 9.10. The van der Waals surface area contributed by atoms with E-state index in [1.54, 1.807) is 24.3 Å². The molecule has 0 unspecified atom stereocenters. The number of hydrogen-bond donors (Lipinski definition) is 2. The van der Waals surface area contributed by atoms with Crippen molar-refractivity contribution in [3.05, 3.63) is 34.3 Å². The second-order valence-electron chi connectivity index (χ2n) is 6.99. The van der Waals surface area contributed by atoms with Crippen LogP contribution in [0, 0.1) is 17.8 Å². The highest BCUT2D eigenvalue weighted by Gasteiger charge is 2.41. The highest BCUT2D eigenvalue weighted by atomic mass is 79.9. The first-order chi connectivity index (χ1) is 13.0. The topological polar surface area (TPSA) is 102 Å². The summed E-state index contributed by atoms with van der Waals surface area (Å²) in [6.07, 6.45) is 3.72. The number of Topliss-reactive ketones (excluding diaryl/α,β-unsaturated/α-hetero) is 1. The molecule has 7 nitrogen and oxygen atoms in total. The van der Waals surface area contributed by atoms with Gasteiger partial charge in [-0.15, -0.1) is 0 Å². The number of halogens is 1. The van der Waals surface area contributed by atoms with E-state index in [9.17, 15) is 19.2 Å². The molecule has 0 spiro atoms. The van der Waals surface area contributed by atoms with Gasteiger partial charge in [-0.25, -0.2) is 0 Å². The average molecular weight is 437 g/mol. The smallest absolute Gasteiger partial charge is 0.309 e. The largest absolute Gasteiger partial charge is 0.455 e. The zero-order valence-electron chi connectivity index (χ0n) is 14.7. The van der Waals surface area contributed by atoms with Crippen molar-refractivity contribution in [1.29, 1.82) is 0 Å². The van der Waals surface area contributed by atoms with Gasteiger partial charge in [-0.3, -0.25) is 30.0 Å². The zero-order chi connectivity index (χ0) is 19.4. The second kappa shape index (κ2) is 8.65. The Morgan fingerprint density at radius 1 is 1.07 bits per heavy atom. The molecule has 2 fully saturated rings. The van der Waals surface area contributed by atoms with Crippen molar-refractivity contribution in [3.8, 4) is 0 Å². The molecule has 2 N–H and O–H groups in total. The van der Waals surface area contributed by atoms with Crippen molar-refractivity contribution in [3.63, 3.8) is 0 Å². The van der Waals surface area contributed by atoms with Crippen molar-refractivity contribution < 1.29 is 23.9 Å². The predicted octanol–water partition coefficient (Wildman–Crippen LogP) is 2.15. The quantitative estimate of drug-likeness (QED) is 0.555. The van der Waals surface area contributed by atoms with Gasteiger partial charge in [0.15, 0.2) is 6.61 Å². The summed E-state index contributed by atoms with van der Waals surface area (Å²) in [5, 5.41) is 0. The molecule has 1 aromatic carbocycles. The summed E-state index contributed by atoms with van der Waals surface area (Å²) in [6.45, 7) is -0.477. The van der Waals surface area contributed by atoms with Crippen LogP contribution in [0.15, 0.2) is 28.7 Å². The predicted molar refractivity (Wildman–Crippen MR) is 99.3 cm³/mol. The van der Waals surface area contributed by atoms with Gasteiger partial charge in [0.25, 0.3) is 11.8 Å². The number of benzene rings is 1. The number of hydrazine groups is 1. The van der Waals surface area contributed by atoms with Gasteiger partial charge in [-0.1, -0.05) is 18.6 Å². The lowest BCUT2D eigenvalue weighted by atomic mass is 9.67. The van der Waals surface area contributed by atoms with Crippen molar-refractivity contribution >= 4 is 39.5 Å². The maximum atomic E-state index is 12.2. The molecule has 0 aromatic heterocycles. The second-order valence-corrected chi connectivity index (χ2v) is 7.84. The van der Waals surface area contributed by atoms with Crippen molar-refractivity contribution in [2.75, 3.05) is 6.61 Å². The Hall–Kier alpha value is -2.22. The van der Waals surface area contributed by atoms with Crippen LogP contribution in [-0.4, -0.2) is 30.2 Å². The number of amides is 2. The number of carbonyl (C=O) groups excluding carboxylic acids is 4. The van der Waals surface area contributed by atoms with E-state index in [4.69, 9.17) is 4.74 Å². The molecule has 0 heterocycles. The van der Waals surface area contributed by atoms with Crippen LogP contribution in [0.25, 0.3) is 0 Å². The van der Waals surface area contributed by atoms with Gasteiger partial charge in [0.2, 0.25) is 0 Å². The average Bonchev–Trinajstić information content (AvgIpc) is 2.64. The monoisotopic (exact) mass is 436 g/mol. The molecule has 2 bridgehead atoms. The van der Waals surface area contributed by atoms with E-state index in [0.29, 0.717) is 22.9 Å². The van der Waals surface area contributed by atoms with E-state index >= 15 is 0 Å². The number of esters is 1. The number of ether oxygens (including phenoxy) is 1. The summed E-state index contributed by atoms with van der Waals surface area (Å²) < 4.78 is 5.68. The van der Waals surface area contributed by atoms with E-state index < -0.39 is 24.4 Å². The molecule has 0 saturated heterocycles. The number of carbonyl (C=O) groups is 4. The van der Waals surface area contributed by atoms with Crippen LogP contribution < -0.4 is 10.9 Å². The van der Waals surface area contributed by atoms with Crippen LogP contribution in [-0.2, 0) is 19.1 Å². The lowest BCUT2D eigenvalue weighted by molar-refractivity contribution is -0.156. The Bertz CT molecular complexity index is 750. The number of nitrogens with one attached hydrogen (secondary N) is 2. The summed E-state index contributed by atoms with van der Waals surface area (Å²) in [5.74, 6) is -1.72. The molecule has 2 amide bonds. The maximum Gasteiger partial charge on any atom is 0.309 e. The maximum absolute atomic E-state index is 12.2. The molecule has 3 rings (SSSR count). The highest BCUT2D eigenvalue weighted by Crippen LogP contribution is 2.40. The third-order valence-electron chi connectivity index (χ3n) is 5.16. The first-order valence-electron chi connectivity index (χ1n) is 8.99. The lowest BCUT2D eigenvalue weighted by Gasteiger charge is -2.36. The Balaban J connectivity index is 1.43. The van der Waals surface area contributed by atoms with Gasteiger partial charge < -0.3 is 4.74 Å². The zero-order valence-corrected chi connectivity index (χ0v) is 16.3. The van der Waals surface area contributed by atoms with Gasteiger partial charge in [-0.2, -0.15) is 0 Å². The van der Waals surface area contributed by atoms with Gasteiger partial charge in [0.05, 0.1) is 11.5 Å². The fraction of sp³-hybridized carbons (Fsp3) is 0.474. The number of hydrogen-bond acceptors (Lipinski definition) is 5. The van der Waals surface area contributed by atoms with E-state index in [1.165, 1.54) is 0 Å². The van der Waals surface area contributed by atoms with Crippen molar-refractivity contribution in [1.82, 2.24) is 10.9 Å². The Kier molecular flexibility index (Phi) is 6.26. The van der Waals surface area contributed by atoms with Crippen LogP contribution in [0.5, 0.6) is 0 Å². The normalized spacial score (nSPS) is 24.0. The number of rotatable bonds is 4. The molecular formula is C19H21BrN2O5. The standard InChI is InChI=1S/C19H21BrN2O5/c20-15-7-2-1-6-14(15)18(25)22-21-16(23)10-27-19(26)13-8-11-4-3-5-12(9-13)17(11)24/h1-2,6-7,11-13H,3-5,8-10H2,(H,21,23)(H,22,25)/t11-,12-/m1/s1. The summed E-state index contributed by atoms with van der Waals surface area (Å²) in [7, 11) is 0. The molecule has 2 atom stereocenters. The molecule has 2 aliphatic carbocycles. The third kappa shape index (κ3) is 4.74. The van der Waals surface area contributed by atoms with Gasteiger partial charge in [0, 0.05) is 16.3 Å². The van der Waals surface area contributed by atoms with Gasteiger partial charge in [-0.05, 0) is 53.7 Å². The minimum absolute atomic E-state index is 0.0486. The van der Waals surface area contributed by atoms with E-state index in [1.807, 2.05) is 0 Å². The molecule has 8 heteroatoms. The summed E-state index contributed by atoms with van der Waals surface area (Å²) in [4.78, 5) is 48.1. The van der Waals surface area contributed by atoms with Gasteiger partial charge in [0.1, 0.15) is 5.78 Å². The molecule has 2 saturated carbocycles. The van der Waals surface area contributed by atoms with Crippen LogP contribution >= 0.6 is 15.9 Å². The van der Waals surface area contributed by atoms with Gasteiger partial charge >= 0.3 is 5.97 Å². The Labute approximate surface area is 165 Å². The van der Waals surface area contributed by atoms with Crippen LogP contribution in [0.4, 0.5) is 0 Å². The SMILES string of the molecule is O=C(COC(=O)C1C[C@H]2CCC[C@H](C1)C2=O)NNC(=O)c1ccccc1Br. The van der Waals surface area contributed by atoms with Crippen LogP contribution in [0.3, 0.4) is 0 Å². The van der Waals surface area contributed by atoms with E-state index in [2.05, 4.69) is 26.8 Å². The van der Waals surface area contributed by atoms with E-state index in [-0.39, 0.29) is 23.5 Å². The Morgan fingerprint density at radius 2 is 1.74 bits per heavy atom. The fourth-order valence-electron chi connectivity index (χ4n) is 3.80. The van der Waals surface area contributed by atoms with Crippen molar-refractivity contribution in [2.45, 2.75) is 32.1 Å². The minimum atomic E-state index is -0.629. The van der Waals surface area contributed by atoms with Crippen LogP contribution in [0.1, 0.15) is 42.5 Å². The third-order valence-corrected chi connectivity index (χ3v) is 5.85. The molecular weight excluding hydrogens is 416 g/mol. The summed E-state index contributed by atoms with van der Waals surface area (Å²) in [6, 6.07) is 6.79. The Morgan fingerprint density at radius 3 is 2.41 bits per heavy atom. The van der Waals surface area contributed by atoms with E-state index in [0.717, 1.165) is 19.3 Å². The molecule has 144 valence electrons. The molecule has 2 aliphatic rings. The van der Waals surface area contributed by atoms with Crippen LogP contribution in [0.2, 0.25) is 0 Å². The number of fused-ring (bicyclic) bond motifs is 2.